The van der Waals surface area contributed by atoms with Crippen molar-refractivity contribution in [1.29, 1.82) is 0 Å². The predicted molar refractivity (Wildman–Crippen MR) is 102 cm³/mol. The molecule has 2 heterocycles. The van der Waals surface area contributed by atoms with Crippen LogP contribution in [0.1, 0.15) is 35.6 Å². The standard InChI is InChI=1S/C22H25FN2O2/c23-18-8-5-16(6-9-18)22-19-4-2-1-3-15(19)11-12-25(22)21(27)10-7-17-13-24-14-20(17)26/h1-6,8-9,17,20,22,24,26H,7,10-14H2/t17-,20+,22+/m1/s1. The molecule has 0 spiro atoms. The number of nitrogens with zero attached hydrogens (tertiary/aromatic N) is 1. The van der Waals surface area contributed by atoms with Gasteiger partial charge in [0.05, 0.1) is 12.1 Å². The van der Waals surface area contributed by atoms with Gasteiger partial charge in [0.15, 0.2) is 0 Å². The van der Waals surface area contributed by atoms with E-state index in [1.54, 1.807) is 12.1 Å². The van der Waals surface area contributed by atoms with E-state index in [0.717, 1.165) is 24.1 Å². The summed E-state index contributed by atoms with van der Waals surface area (Å²) in [5.41, 5.74) is 3.29. The van der Waals surface area contributed by atoms with Crippen LogP contribution in [0.5, 0.6) is 0 Å². The average Bonchev–Trinajstić information content (AvgIpc) is 3.11. The van der Waals surface area contributed by atoms with Crippen molar-refractivity contribution in [3.63, 3.8) is 0 Å². The van der Waals surface area contributed by atoms with Gasteiger partial charge in [0, 0.05) is 26.1 Å². The van der Waals surface area contributed by atoms with Gasteiger partial charge in [0.25, 0.3) is 0 Å². The Hall–Kier alpha value is -2.24. The normalized spacial score (nSPS) is 24.7. The molecule has 2 N–H and O–H groups in total. The minimum atomic E-state index is -0.368. The first-order chi connectivity index (χ1) is 13.1. The molecule has 0 aromatic heterocycles. The third-order valence-electron chi connectivity index (χ3n) is 5.82. The number of halogens is 1. The van der Waals surface area contributed by atoms with Gasteiger partial charge in [-0.2, -0.15) is 0 Å². The molecule has 27 heavy (non-hydrogen) atoms. The first kappa shape index (κ1) is 18.1. The lowest BCUT2D eigenvalue weighted by molar-refractivity contribution is -0.133. The molecule has 0 saturated carbocycles. The summed E-state index contributed by atoms with van der Waals surface area (Å²) in [5, 5.41) is 13.1. The quantitative estimate of drug-likeness (QED) is 0.872. The summed E-state index contributed by atoms with van der Waals surface area (Å²) in [6, 6.07) is 14.4. The lowest BCUT2D eigenvalue weighted by Crippen LogP contribution is -2.40. The summed E-state index contributed by atoms with van der Waals surface area (Å²) >= 11 is 0. The van der Waals surface area contributed by atoms with Crippen LogP contribution < -0.4 is 5.32 Å². The van der Waals surface area contributed by atoms with E-state index in [-0.39, 0.29) is 29.8 Å². The van der Waals surface area contributed by atoms with Gasteiger partial charge in [-0.05, 0) is 47.6 Å². The number of β-amino-alcohol motifs (C(OH)–C–C–N with tert-alkyl or cyclic N) is 1. The van der Waals surface area contributed by atoms with E-state index in [0.29, 0.717) is 25.9 Å². The molecule has 3 atom stereocenters. The van der Waals surface area contributed by atoms with Crippen LogP contribution in [0.3, 0.4) is 0 Å². The van der Waals surface area contributed by atoms with Crippen LogP contribution in [0, 0.1) is 11.7 Å². The molecule has 0 aliphatic carbocycles. The van der Waals surface area contributed by atoms with Gasteiger partial charge in [-0.15, -0.1) is 0 Å². The van der Waals surface area contributed by atoms with E-state index < -0.39 is 0 Å². The summed E-state index contributed by atoms with van der Waals surface area (Å²) in [7, 11) is 0. The molecule has 4 nitrogen and oxygen atoms in total. The van der Waals surface area contributed by atoms with Gasteiger partial charge in [-0.3, -0.25) is 4.79 Å². The maximum atomic E-state index is 13.4. The zero-order valence-corrected chi connectivity index (χ0v) is 15.3. The number of amides is 1. The third-order valence-corrected chi connectivity index (χ3v) is 5.82. The summed E-state index contributed by atoms with van der Waals surface area (Å²) in [6.07, 6.45) is 1.56. The van der Waals surface area contributed by atoms with Crippen LogP contribution in [0.2, 0.25) is 0 Å². The zero-order valence-electron chi connectivity index (χ0n) is 15.3. The molecule has 2 aliphatic heterocycles. The summed E-state index contributed by atoms with van der Waals surface area (Å²) in [6.45, 7) is 2.02. The molecular weight excluding hydrogens is 343 g/mol. The lowest BCUT2D eigenvalue weighted by Gasteiger charge is -2.38. The minimum absolute atomic E-state index is 0.0953. The van der Waals surface area contributed by atoms with E-state index in [9.17, 15) is 14.3 Å². The molecule has 2 aliphatic rings. The molecule has 0 bridgehead atoms. The number of fused-ring (bicyclic) bond motifs is 1. The van der Waals surface area contributed by atoms with Crippen molar-refractivity contribution in [3.05, 3.63) is 71.0 Å². The number of carbonyl (C=O) groups is 1. The Kier molecular flexibility index (Phi) is 5.23. The second-order valence-corrected chi connectivity index (χ2v) is 7.51. The Morgan fingerprint density at radius 1 is 1.15 bits per heavy atom. The fraction of sp³-hybridized carbons (Fsp3) is 0.409. The SMILES string of the molecule is O=C(CC[C@@H]1CNC[C@@H]1O)N1CCc2ccccc2[C@@H]1c1ccc(F)cc1. The number of nitrogens with one attached hydrogen (secondary N) is 1. The zero-order chi connectivity index (χ0) is 18.8. The highest BCUT2D eigenvalue weighted by Gasteiger charge is 2.33. The van der Waals surface area contributed by atoms with Gasteiger partial charge < -0.3 is 15.3 Å². The first-order valence-corrected chi connectivity index (χ1v) is 9.65. The van der Waals surface area contributed by atoms with Gasteiger partial charge in [0.2, 0.25) is 5.91 Å². The third kappa shape index (κ3) is 3.75. The van der Waals surface area contributed by atoms with Crippen molar-refractivity contribution >= 4 is 5.91 Å². The van der Waals surface area contributed by atoms with E-state index in [1.165, 1.54) is 17.7 Å². The topological polar surface area (TPSA) is 52.6 Å². The number of hydrogen-bond donors (Lipinski definition) is 2. The number of rotatable bonds is 4. The maximum absolute atomic E-state index is 13.4. The Morgan fingerprint density at radius 3 is 2.67 bits per heavy atom. The van der Waals surface area contributed by atoms with Crippen LogP contribution in [-0.2, 0) is 11.2 Å². The number of aliphatic hydroxyl groups excluding tert-OH is 1. The molecule has 2 aromatic carbocycles. The molecule has 5 heteroatoms. The Labute approximate surface area is 159 Å². The molecule has 1 saturated heterocycles. The van der Waals surface area contributed by atoms with Gasteiger partial charge in [-0.1, -0.05) is 36.4 Å². The highest BCUT2D eigenvalue weighted by atomic mass is 19.1. The van der Waals surface area contributed by atoms with Crippen molar-refractivity contribution in [3.8, 4) is 0 Å². The highest BCUT2D eigenvalue weighted by molar-refractivity contribution is 5.78. The van der Waals surface area contributed by atoms with E-state index in [2.05, 4.69) is 17.4 Å². The molecule has 142 valence electrons. The Morgan fingerprint density at radius 2 is 1.93 bits per heavy atom. The van der Waals surface area contributed by atoms with E-state index >= 15 is 0 Å². The summed E-state index contributed by atoms with van der Waals surface area (Å²) in [4.78, 5) is 15.0. The molecule has 0 radical (unpaired) electrons. The molecule has 1 fully saturated rings. The smallest absolute Gasteiger partial charge is 0.223 e. The van der Waals surface area contributed by atoms with Crippen LogP contribution in [-0.4, -0.2) is 41.7 Å². The van der Waals surface area contributed by atoms with Crippen molar-refractivity contribution in [1.82, 2.24) is 10.2 Å². The molecule has 2 aromatic rings. The monoisotopic (exact) mass is 368 g/mol. The van der Waals surface area contributed by atoms with Crippen LogP contribution in [0.15, 0.2) is 48.5 Å². The van der Waals surface area contributed by atoms with Crippen LogP contribution >= 0.6 is 0 Å². The second-order valence-electron chi connectivity index (χ2n) is 7.51. The molecule has 4 rings (SSSR count). The lowest BCUT2D eigenvalue weighted by atomic mass is 9.87. The first-order valence-electron chi connectivity index (χ1n) is 9.65. The number of aliphatic hydroxyl groups is 1. The van der Waals surface area contributed by atoms with Crippen molar-refractivity contribution in [2.45, 2.75) is 31.4 Å². The maximum Gasteiger partial charge on any atom is 0.223 e. The van der Waals surface area contributed by atoms with E-state index in [1.807, 2.05) is 17.0 Å². The van der Waals surface area contributed by atoms with Crippen molar-refractivity contribution in [2.24, 2.45) is 5.92 Å². The highest BCUT2D eigenvalue weighted by Crippen LogP contribution is 2.36. The summed E-state index contributed by atoms with van der Waals surface area (Å²) < 4.78 is 13.4. The second kappa shape index (κ2) is 7.79. The van der Waals surface area contributed by atoms with Gasteiger partial charge in [0.1, 0.15) is 5.82 Å². The largest absolute Gasteiger partial charge is 0.391 e. The van der Waals surface area contributed by atoms with Crippen LogP contribution in [0.4, 0.5) is 4.39 Å². The Balaban J connectivity index is 1.58. The predicted octanol–water partition coefficient (Wildman–Crippen LogP) is 2.66. The summed E-state index contributed by atoms with van der Waals surface area (Å²) in [5.74, 6) is -0.0448. The number of carbonyl (C=O) groups excluding carboxylic acids is 1. The fourth-order valence-corrected chi connectivity index (χ4v) is 4.31. The molecular formula is C22H25FN2O2. The minimum Gasteiger partial charge on any atom is -0.391 e. The molecule has 0 unspecified atom stereocenters. The number of hydrogen-bond acceptors (Lipinski definition) is 3. The van der Waals surface area contributed by atoms with E-state index in [4.69, 9.17) is 0 Å². The fourth-order valence-electron chi connectivity index (χ4n) is 4.31. The average molecular weight is 368 g/mol. The van der Waals surface area contributed by atoms with Gasteiger partial charge >= 0.3 is 0 Å². The van der Waals surface area contributed by atoms with Crippen molar-refractivity contribution < 1.29 is 14.3 Å². The van der Waals surface area contributed by atoms with Gasteiger partial charge in [-0.25, -0.2) is 4.39 Å². The van der Waals surface area contributed by atoms with Crippen LogP contribution in [0.25, 0.3) is 0 Å². The van der Waals surface area contributed by atoms with Crippen molar-refractivity contribution in [2.75, 3.05) is 19.6 Å². The number of benzene rings is 2. The Bertz CT molecular complexity index is 808. The molecule has 1 amide bonds.